The summed E-state index contributed by atoms with van der Waals surface area (Å²) in [5.41, 5.74) is 1.02. The van der Waals surface area contributed by atoms with Gasteiger partial charge in [-0.25, -0.2) is 9.07 Å². The third-order valence-corrected chi connectivity index (χ3v) is 3.58. The van der Waals surface area contributed by atoms with Crippen LogP contribution in [0.15, 0.2) is 36.5 Å². The normalized spacial score (nSPS) is 18.8. The molecule has 5 nitrogen and oxygen atoms in total. The summed E-state index contributed by atoms with van der Waals surface area (Å²) in [4.78, 5) is 13.9. The first-order valence-electron chi connectivity index (χ1n) is 6.92. The Morgan fingerprint density at radius 1 is 1.29 bits per heavy atom. The Kier molecular flexibility index (Phi) is 3.70. The van der Waals surface area contributed by atoms with E-state index in [-0.39, 0.29) is 11.7 Å². The van der Waals surface area contributed by atoms with E-state index in [4.69, 9.17) is 0 Å². The highest BCUT2D eigenvalue weighted by Crippen LogP contribution is 2.14. The molecule has 6 heteroatoms. The van der Waals surface area contributed by atoms with E-state index in [9.17, 15) is 14.3 Å². The van der Waals surface area contributed by atoms with Gasteiger partial charge in [-0.15, -0.1) is 0 Å². The number of carbonyl (C=O) groups is 1. The lowest BCUT2D eigenvalue weighted by atomic mass is 10.1. The van der Waals surface area contributed by atoms with Crippen LogP contribution in [0.25, 0.3) is 5.69 Å². The first-order valence-corrected chi connectivity index (χ1v) is 6.92. The minimum atomic E-state index is -0.457. The number of nitrogens with zero attached hydrogens (tertiary/aromatic N) is 3. The van der Waals surface area contributed by atoms with Crippen molar-refractivity contribution in [1.82, 2.24) is 14.7 Å². The van der Waals surface area contributed by atoms with Crippen molar-refractivity contribution >= 4 is 5.91 Å². The molecule has 1 aromatic carbocycles. The molecule has 1 saturated heterocycles. The monoisotopic (exact) mass is 289 g/mol. The van der Waals surface area contributed by atoms with E-state index in [1.54, 1.807) is 29.3 Å². The largest absolute Gasteiger partial charge is 0.391 e. The molecule has 0 bridgehead atoms. The highest BCUT2D eigenvalue weighted by Gasteiger charge is 2.24. The van der Waals surface area contributed by atoms with Crippen molar-refractivity contribution in [3.8, 4) is 5.69 Å². The number of aliphatic hydroxyl groups excluding tert-OH is 1. The van der Waals surface area contributed by atoms with Crippen molar-refractivity contribution in [3.05, 3.63) is 48.0 Å². The molecule has 1 fully saturated rings. The van der Waals surface area contributed by atoms with Crippen molar-refractivity contribution in [2.75, 3.05) is 13.1 Å². The number of hydrogen-bond donors (Lipinski definition) is 1. The number of carbonyl (C=O) groups excluding carboxylic acids is 1. The second-order valence-corrected chi connectivity index (χ2v) is 5.17. The number of aliphatic hydroxyl groups is 1. The molecule has 2 aromatic rings. The van der Waals surface area contributed by atoms with Gasteiger partial charge in [0.1, 0.15) is 5.82 Å². The average molecular weight is 289 g/mol. The Bertz CT molecular complexity index is 639. The summed E-state index contributed by atoms with van der Waals surface area (Å²) in [5.74, 6) is -0.501. The van der Waals surface area contributed by atoms with Crippen molar-refractivity contribution in [2.24, 2.45) is 0 Å². The van der Waals surface area contributed by atoms with Gasteiger partial charge in [0.25, 0.3) is 5.91 Å². The minimum absolute atomic E-state index is 0.186. The number of β-amino-alcohol motifs (C(OH)–C–C–N with tert-alkyl or cyclic N) is 1. The average Bonchev–Trinajstić information content (AvgIpc) is 2.97. The van der Waals surface area contributed by atoms with Crippen LogP contribution < -0.4 is 0 Å². The molecule has 0 spiro atoms. The summed E-state index contributed by atoms with van der Waals surface area (Å²) in [6, 6.07) is 7.52. The third-order valence-electron chi connectivity index (χ3n) is 3.58. The zero-order valence-electron chi connectivity index (χ0n) is 11.4. The Morgan fingerprint density at radius 3 is 2.76 bits per heavy atom. The van der Waals surface area contributed by atoms with Gasteiger partial charge in [-0.2, -0.15) is 5.10 Å². The van der Waals surface area contributed by atoms with Gasteiger partial charge in [-0.3, -0.25) is 4.79 Å². The maximum atomic E-state index is 12.9. The summed E-state index contributed by atoms with van der Waals surface area (Å²) in [6.45, 7) is 0.988. The highest BCUT2D eigenvalue weighted by molar-refractivity contribution is 5.92. The lowest BCUT2D eigenvalue weighted by molar-refractivity contribution is 0.0468. The Morgan fingerprint density at radius 2 is 2.05 bits per heavy atom. The predicted octanol–water partition coefficient (Wildman–Crippen LogP) is 1.61. The van der Waals surface area contributed by atoms with Gasteiger partial charge in [-0.1, -0.05) is 0 Å². The van der Waals surface area contributed by atoms with Gasteiger partial charge < -0.3 is 10.0 Å². The quantitative estimate of drug-likeness (QED) is 0.913. The molecule has 1 aliphatic rings. The Balaban J connectivity index is 1.78. The van der Waals surface area contributed by atoms with Crippen LogP contribution in [-0.4, -0.2) is 44.9 Å². The third kappa shape index (κ3) is 2.95. The first kappa shape index (κ1) is 13.8. The van der Waals surface area contributed by atoms with Crippen LogP contribution in [0.3, 0.4) is 0 Å². The molecule has 1 atom stereocenters. The van der Waals surface area contributed by atoms with Crippen LogP contribution in [-0.2, 0) is 0 Å². The fourth-order valence-corrected chi connectivity index (χ4v) is 2.48. The molecule has 0 aliphatic carbocycles. The fourth-order valence-electron chi connectivity index (χ4n) is 2.48. The molecule has 1 unspecified atom stereocenters. The summed E-state index contributed by atoms with van der Waals surface area (Å²) in [6.07, 6.45) is 2.74. The number of amides is 1. The van der Waals surface area contributed by atoms with Crippen molar-refractivity contribution in [3.63, 3.8) is 0 Å². The first-order chi connectivity index (χ1) is 10.1. The molecule has 110 valence electrons. The van der Waals surface area contributed by atoms with Gasteiger partial charge in [0, 0.05) is 19.3 Å². The van der Waals surface area contributed by atoms with E-state index in [2.05, 4.69) is 5.10 Å². The number of benzene rings is 1. The Labute approximate surface area is 121 Å². The van der Waals surface area contributed by atoms with Crippen LogP contribution >= 0.6 is 0 Å². The predicted molar refractivity (Wildman–Crippen MR) is 74.7 cm³/mol. The zero-order valence-corrected chi connectivity index (χ0v) is 11.4. The lowest BCUT2D eigenvalue weighted by Gasteiger charge is -2.29. The smallest absolute Gasteiger partial charge is 0.274 e. The van der Waals surface area contributed by atoms with Crippen LogP contribution in [0.1, 0.15) is 23.3 Å². The van der Waals surface area contributed by atoms with E-state index in [0.717, 1.165) is 12.8 Å². The van der Waals surface area contributed by atoms with Crippen LogP contribution in [0.5, 0.6) is 0 Å². The molecule has 3 rings (SSSR count). The molecule has 2 heterocycles. The molecule has 21 heavy (non-hydrogen) atoms. The van der Waals surface area contributed by atoms with E-state index < -0.39 is 6.10 Å². The molecular weight excluding hydrogens is 273 g/mol. The maximum absolute atomic E-state index is 12.9. The van der Waals surface area contributed by atoms with Gasteiger partial charge in [-0.05, 0) is 43.2 Å². The van der Waals surface area contributed by atoms with Gasteiger partial charge in [0.05, 0.1) is 11.8 Å². The van der Waals surface area contributed by atoms with Gasteiger partial charge >= 0.3 is 0 Å². The number of rotatable bonds is 2. The lowest BCUT2D eigenvalue weighted by Crippen LogP contribution is -2.42. The number of piperidine rings is 1. The Hall–Kier alpha value is -2.21. The second-order valence-electron chi connectivity index (χ2n) is 5.17. The molecule has 1 aliphatic heterocycles. The molecule has 1 amide bonds. The fraction of sp³-hybridized carbons (Fsp3) is 0.333. The molecule has 0 saturated carbocycles. The van der Waals surface area contributed by atoms with E-state index in [0.29, 0.717) is 24.5 Å². The standard InChI is InChI=1S/C15H16FN3O2/c16-11-3-5-12(6-4-11)19-9-7-14(17-19)15(21)18-8-1-2-13(20)10-18/h3-7,9,13,20H,1-2,8,10H2. The second kappa shape index (κ2) is 5.65. The summed E-state index contributed by atoms with van der Waals surface area (Å²) >= 11 is 0. The SMILES string of the molecule is O=C(c1ccn(-c2ccc(F)cc2)n1)N1CCCC(O)C1. The summed E-state index contributed by atoms with van der Waals surface area (Å²) < 4.78 is 14.4. The minimum Gasteiger partial charge on any atom is -0.391 e. The van der Waals surface area contributed by atoms with Crippen LogP contribution in [0.2, 0.25) is 0 Å². The molecule has 0 radical (unpaired) electrons. The van der Waals surface area contributed by atoms with E-state index in [1.165, 1.54) is 16.8 Å². The maximum Gasteiger partial charge on any atom is 0.274 e. The molecule has 1 N–H and O–H groups in total. The van der Waals surface area contributed by atoms with Crippen LogP contribution in [0.4, 0.5) is 4.39 Å². The van der Waals surface area contributed by atoms with E-state index in [1.807, 2.05) is 0 Å². The summed E-state index contributed by atoms with van der Waals surface area (Å²) in [7, 11) is 0. The zero-order chi connectivity index (χ0) is 14.8. The number of aromatic nitrogens is 2. The summed E-state index contributed by atoms with van der Waals surface area (Å²) in [5, 5.41) is 13.9. The number of likely N-dealkylation sites (tertiary alicyclic amines) is 1. The molecule has 1 aromatic heterocycles. The van der Waals surface area contributed by atoms with E-state index >= 15 is 0 Å². The van der Waals surface area contributed by atoms with Gasteiger partial charge in [0.2, 0.25) is 0 Å². The van der Waals surface area contributed by atoms with Crippen LogP contribution in [0, 0.1) is 5.82 Å². The van der Waals surface area contributed by atoms with Gasteiger partial charge in [0.15, 0.2) is 5.69 Å². The topological polar surface area (TPSA) is 58.4 Å². The van der Waals surface area contributed by atoms with Crippen molar-refractivity contribution in [1.29, 1.82) is 0 Å². The molecular formula is C15H16FN3O2. The number of hydrogen-bond acceptors (Lipinski definition) is 3. The highest BCUT2D eigenvalue weighted by atomic mass is 19.1. The van der Waals surface area contributed by atoms with Crippen molar-refractivity contribution < 1.29 is 14.3 Å². The van der Waals surface area contributed by atoms with Crippen molar-refractivity contribution in [2.45, 2.75) is 18.9 Å². The number of halogens is 1.